The number of rotatable bonds is 3. The zero-order valence-electron chi connectivity index (χ0n) is 15.1. The first-order valence-corrected chi connectivity index (χ1v) is 9.02. The number of carbonyl (C=O) groups excluding carboxylic acids is 1. The number of pyridine rings is 1. The lowest BCUT2D eigenvalue weighted by Gasteiger charge is -2.37. The van der Waals surface area contributed by atoms with Crippen molar-refractivity contribution in [2.24, 2.45) is 5.92 Å². The third-order valence-electron chi connectivity index (χ3n) is 5.14. The Bertz CT molecular complexity index is 1020. The number of benzene rings is 1. The van der Waals surface area contributed by atoms with E-state index in [0.29, 0.717) is 24.6 Å². The summed E-state index contributed by atoms with van der Waals surface area (Å²) in [5.74, 6) is 0.281. The first-order valence-electron chi connectivity index (χ1n) is 9.02. The molecule has 4 rings (SSSR count). The van der Waals surface area contributed by atoms with E-state index in [1.807, 2.05) is 29.2 Å². The molecule has 0 bridgehead atoms. The van der Waals surface area contributed by atoms with Crippen LogP contribution in [0.1, 0.15) is 17.9 Å². The Labute approximate surface area is 157 Å². The second-order valence-electron chi connectivity index (χ2n) is 6.85. The number of methoxy groups -OCH3 is 1. The van der Waals surface area contributed by atoms with Crippen molar-refractivity contribution in [3.8, 4) is 0 Å². The molecule has 3 heterocycles. The van der Waals surface area contributed by atoms with Crippen molar-refractivity contribution in [2.75, 3.05) is 25.1 Å². The summed E-state index contributed by atoms with van der Waals surface area (Å²) in [7, 11) is 1.42. The summed E-state index contributed by atoms with van der Waals surface area (Å²) in [6.07, 6.45) is 2.43. The Hall–Kier alpha value is -3.15. The monoisotopic (exact) mass is 363 g/mol. The highest BCUT2D eigenvalue weighted by Gasteiger charge is 2.33. The maximum Gasteiger partial charge on any atom is 0.310 e. The number of anilines is 1. The van der Waals surface area contributed by atoms with Gasteiger partial charge in [0.1, 0.15) is 11.5 Å². The van der Waals surface area contributed by atoms with E-state index in [0.717, 1.165) is 6.42 Å². The zero-order chi connectivity index (χ0) is 18.8. The normalized spacial score (nSPS) is 19.8. The van der Waals surface area contributed by atoms with Crippen LogP contribution >= 0.6 is 0 Å². The molecule has 6 nitrogen and oxygen atoms in total. The van der Waals surface area contributed by atoms with Gasteiger partial charge in [0.15, 0.2) is 0 Å². The summed E-state index contributed by atoms with van der Waals surface area (Å²) >= 11 is 0. The summed E-state index contributed by atoms with van der Waals surface area (Å²) in [5, 5.41) is 0. The summed E-state index contributed by atoms with van der Waals surface area (Å²) < 4.78 is 6.51. The van der Waals surface area contributed by atoms with Gasteiger partial charge in [-0.1, -0.05) is 36.4 Å². The molecule has 1 saturated heterocycles. The fourth-order valence-corrected chi connectivity index (χ4v) is 3.79. The fourth-order valence-electron chi connectivity index (χ4n) is 3.79. The first kappa shape index (κ1) is 17.3. The van der Waals surface area contributed by atoms with Crippen LogP contribution in [0.2, 0.25) is 0 Å². The van der Waals surface area contributed by atoms with Gasteiger partial charge in [0, 0.05) is 31.3 Å². The Morgan fingerprint density at radius 1 is 1.11 bits per heavy atom. The predicted molar refractivity (Wildman–Crippen MR) is 103 cm³/mol. The lowest BCUT2D eigenvalue weighted by Crippen LogP contribution is -2.43. The number of carbonyl (C=O) groups is 1. The van der Waals surface area contributed by atoms with E-state index < -0.39 is 0 Å². The minimum absolute atomic E-state index is 0.132. The van der Waals surface area contributed by atoms with Gasteiger partial charge in [-0.15, -0.1) is 0 Å². The number of hydrogen-bond acceptors (Lipinski definition) is 5. The van der Waals surface area contributed by atoms with Crippen molar-refractivity contribution in [3.63, 3.8) is 0 Å². The summed E-state index contributed by atoms with van der Waals surface area (Å²) in [6, 6.07) is 17.1. The van der Waals surface area contributed by atoms with Crippen molar-refractivity contribution in [1.82, 2.24) is 9.38 Å². The quantitative estimate of drug-likeness (QED) is 0.669. The van der Waals surface area contributed by atoms with Gasteiger partial charge in [0.25, 0.3) is 5.56 Å². The van der Waals surface area contributed by atoms with Crippen LogP contribution in [0.25, 0.3) is 5.65 Å². The number of hydrogen-bond donors (Lipinski definition) is 0. The van der Waals surface area contributed by atoms with Crippen LogP contribution in [0, 0.1) is 5.92 Å². The molecule has 6 heteroatoms. The number of esters is 1. The molecule has 0 amide bonds. The number of aromatic nitrogens is 2. The van der Waals surface area contributed by atoms with Crippen molar-refractivity contribution < 1.29 is 9.53 Å². The Balaban J connectivity index is 1.72. The number of nitrogens with zero attached hydrogens (tertiary/aromatic N) is 3. The molecule has 2 atom stereocenters. The van der Waals surface area contributed by atoms with Gasteiger partial charge in [-0.25, -0.2) is 4.98 Å². The van der Waals surface area contributed by atoms with Crippen LogP contribution in [-0.4, -0.2) is 35.6 Å². The third kappa shape index (κ3) is 3.43. The summed E-state index contributed by atoms with van der Waals surface area (Å²) in [5.41, 5.74) is 1.64. The van der Waals surface area contributed by atoms with Crippen molar-refractivity contribution in [3.05, 3.63) is 76.7 Å². The number of fused-ring (bicyclic) bond motifs is 1. The second kappa shape index (κ2) is 7.23. The average molecular weight is 363 g/mol. The predicted octanol–water partition coefficient (Wildman–Crippen LogP) is 2.48. The molecule has 0 radical (unpaired) electrons. The van der Waals surface area contributed by atoms with Crippen molar-refractivity contribution >= 4 is 17.4 Å². The van der Waals surface area contributed by atoms with Crippen LogP contribution < -0.4 is 10.5 Å². The molecule has 2 aromatic heterocycles. The number of ether oxygens (including phenoxy) is 1. The van der Waals surface area contributed by atoms with Gasteiger partial charge in [-0.3, -0.25) is 14.0 Å². The SMILES string of the molecule is COC(=O)[C@@H]1C[C@@H](c2ccccc2)CN(c2cc(=O)n3ccccc3n2)C1. The molecule has 138 valence electrons. The van der Waals surface area contributed by atoms with E-state index in [9.17, 15) is 9.59 Å². The van der Waals surface area contributed by atoms with E-state index >= 15 is 0 Å². The highest BCUT2D eigenvalue weighted by Crippen LogP contribution is 2.32. The Morgan fingerprint density at radius 3 is 2.67 bits per heavy atom. The molecule has 0 spiro atoms. The van der Waals surface area contributed by atoms with E-state index in [1.54, 1.807) is 18.3 Å². The molecule has 1 aliphatic rings. The minimum atomic E-state index is -0.259. The van der Waals surface area contributed by atoms with Crippen LogP contribution in [0.3, 0.4) is 0 Å². The smallest absolute Gasteiger partial charge is 0.310 e. The topological polar surface area (TPSA) is 63.9 Å². The van der Waals surface area contributed by atoms with Crippen LogP contribution in [0.15, 0.2) is 65.6 Å². The molecule has 1 aliphatic heterocycles. The van der Waals surface area contributed by atoms with Gasteiger partial charge < -0.3 is 9.64 Å². The molecule has 0 saturated carbocycles. The van der Waals surface area contributed by atoms with Gasteiger partial charge >= 0.3 is 5.97 Å². The van der Waals surface area contributed by atoms with E-state index in [4.69, 9.17) is 4.74 Å². The molecule has 0 unspecified atom stereocenters. The summed E-state index contributed by atoms with van der Waals surface area (Å²) in [6.45, 7) is 1.19. The van der Waals surface area contributed by atoms with Gasteiger partial charge in [0.05, 0.1) is 13.0 Å². The maximum absolute atomic E-state index is 12.5. The van der Waals surface area contributed by atoms with Gasteiger partial charge in [-0.05, 0) is 24.1 Å². The van der Waals surface area contributed by atoms with Crippen LogP contribution in [-0.2, 0) is 9.53 Å². The highest BCUT2D eigenvalue weighted by molar-refractivity contribution is 5.73. The van der Waals surface area contributed by atoms with Crippen LogP contribution in [0.5, 0.6) is 0 Å². The molecule has 1 fully saturated rings. The van der Waals surface area contributed by atoms with E-state index in [2.05, 4.69) is 17.1 Å². The molecular formula is C21H21N3O3. The Morgan fingerprint density at radius 2 is 1.89 bits per heavy atom. The molecule has 1 aromatic carbocycles. The lowest BCUT2D eigenvalue weighted by molar-refractivity contribution is -0.145. The number of piperidine rings is 1. The van der Waals surface area contributed by atoms with Gasteiger partial charge in [-0.2, -0.15) is 0 Å². The largest absolute Gasteiger partial charge is 0.469 e. The van der Waals surface area contributed by atoms with Crippen molar-refractivity contribution in [2.45, 2.75) is 12.3 Å². The Kier molecular flexibility index (Phi) is 4.62. The lowest BCUT2D eigenvalue weighted by atomic mass is 9.84. The zero-order valence-corrected chi connectivity index (χ0v) is 15.1. The molecule has 3 aromatic rings. The molecule has 0 N–H and O–H groups in total. The summed E-state index contributed by atoms with van der Waals surface area (Å²) in [4.78, 5) is 31.4. The third-order valence-corrected chi connectivity index (χ3v) is 5.14. The standard InChI is InChI=1S/C21H21N3O3/c1-27-21(26)17-11-16(15-7-3-2-4-8-15)13-23(14-17)19-12-20(25)24-10-6-5-9-18(24)22-19/h2-10,12,16-17H,11,13-14H2,1H3/t16-,17-/m1/s1. The van der Waals surface area contributed by atoms with Crippen LogP contribution in [0.4, 0.5) is 5.82 Å². The fraction of sp³-hybridized carbons (Fsp3) is 0.286. The van der Waals surface area contributed by atoms with E-state index in [1.165, 1.54) is 23.1 Å². The van der Waals surface area contributed by atoms with E-state index in [-0.39, 0.29) is 23.4 Å². The minimum Gasteiger partial charge on any atom is -0.469 e. The molecule has 27 heavy (non-hydrogen) atoms. The first-order chi connectivity index (χ1) is 13.2. The van der Waals surface area contributed by atoms with Gasteiger partial charge in [0.2, 0.25) is 0 Å². The maximum atomic E-state index is 12.5. The molecule has 0 aliphatic carbocycles. The van der Waals surface area contributed by atoms with Crippen molar-refractivity contribution in [1.29, 1.82) is 0 Å². The average Bonchev–Trinajstić information content (AvgIpc) is 2.73. The highest BCUT2D eigenvalue weighted by atomic mass is 16.5. The molecular weight excluding hydrogens is 342 g/mol. The second-order valence-corrected chi connectivity index (χ2v) is 6.85.